The molecule has 3 rings (SSSR count). The molecule has 0 aromatic heterocycles. The lowest BCUT2D eigenvalue weighted by Crippen LogP contribution is -2.33. The maximum absolute atomic E-state index is 12.6. The van der Waals surface area contributed by atoms with Crippen LogP contribution in [0.3, 0.4) is 0 Å². The molecule has 1 atom stereocenters. The minimum Gasteiger partial charge on any atom is -0.406 e. The van der Waals surface area contributed by atoms with E-state index in [0.717, 1.165) is 17.7 Å². The normalized spacial score (nSPS) is 16.6. The quantitative estimate of drug-likeness (QED) is 0.828. The van der Waals surface area contributed by atoms with Crippen molar-refractivity contribution >= 4 is 27.3 Å². The summed E-state index contributed by atoms with van der Waals surface area (Å²) in [5.74, 6) is -0.576. The van der Waals surface area contributed by atoms with Gasteiger partial charge in [0.15, 0.2) is 0 Å². The van der Waals surface area contributed by atoms with Crippen LogP contribution in [-0.4, -0.2) is 26.7 Å². The molecule has 0 saturated carbocycles. The van der Waals surface area contributed by atoms with E-state index < -0.39 is 22.1 Å². The zero-order chi connectivity index (χ0) is 20.7. The van der Waals surface area contributed by atoms with Crippen molar-refractivity contribution in [3.63, 3.8) is 0 Å². The van der Waals surface area contributed by atoms with E-state index in [2.05, 4.69) is 9.46 Å². The predicted octanol–water partition coefficient (Wildman–Crippen LogP) is 3.68. The topological polar surface area (TPSA) is 75.7 Å². The smallest absolute Gasteiger partial charge is 0.406 e. The van der Waals surface area contributed by atoms with Crippen LogP contribution in [-0.2, 0) is 21.2 Å². The van der Waals surface area contributed by atoms with E-state index >= 15 is 0 Å². The van der Waals surface area contributed by atoms with Gasteiger partial charge in [-0.2, -0.15) is 0 Å². The molecule has 2 aromatic carbocycles. The maximum atomic E-state index is 12.6. The minimum absolute atomic E-state index is 0.000491. The first-order chi connectivity index (χ1) is 13.0. The molecule has 0 unspecified atom stereocenters. The van der Waals surface area contributed by atoms with Crippen molar-refractivity contribution in [1.82, 2.24) is 0 Å². The number of fused-ring (bicyclic) bond motifs is 1. The number of carbonyl (C=O) groups excluding carboxylic acids is 1. The Morgan fingerprint density at radius 3 is 2.39 bits per heavy atom. The van der Waals surface area contributed by atoms with Gasteiger partial charge in [-0.25, -0.2) is 8.42 Å². The zero-order valence-corrected chi connectivity index (χ0v) is 15.8. The standard InChI is InChI=1S/C18H17F3N2O4S/c1-11-9-13-10-16(7-8-17(13)23(11)12(2)24)28(25,26)22-14-3-5-15(6-4-14)27-18(19,20)21/h3-8,10-11,22H,9H2,1-2H3/t11-/m0/s1. The third-order valence-corrected chi connectivity index (χ3v) is 5.64. The number of nitrogens with zero attached hydrogens (tertiary/aromatic N) is 1. The number of hydrogen-bond donors (Lipinski definition) is 1. The molecule has 2 aromatic rings. The molecule has 28 heavy (non-hydrogen) atoms. The number of halogens is 3. The number of rotatable bonds is 4. The zero-order valence-electron chi connectivity index (χ0n) is 14.9. The lowest BCUT2D eigenvalue weighted by Gasteiger charge is -2.20. The lowest BCUT2D eigenvalue weighted by atomic mass is 10.1. The number of alkyl halides is 3. The van der Waals surface area contributed by atoms with E-state index in [0.29, 0.717) is 12.1 Å². The minimum atomic E-state index is -4.82. The summed E-state index contributed by atoms with van der Waals surface area (Å²) in [6.07, 6.45) is -4.29. The number of nitrogens with one attached hydrogen (secondary N) is 1. The van der Waals surface area contributed by atoms with E-state index in [1.807, 2.05) is 6.92 Å². The van der Waals surface area contributed by atoms with Crippen molar-refractivity contribution in [2.75, 3.05) is 9.62 Å². The van der Waals surface area contributed by atoms with Gasteiger partial charge in [0.25, 0.3) is 10.0 Å². The Hall–Kier alpha value is -2.75. The Kier molecular flexibility index (Phi) is 5.00. The third kappa shape index (κ3) is 4.22. The van der Waals surface area contributed by atoms with Gasteiger partial charge in [-0.1, -0.05) is 0 Å². The van der Waals surface area contributed by atoms with Crippen molar-refractivity contribution in [2.24, 2.45) is 0 Å². The number of amides is 1. The van der Waals surface area contributed by atoms with Crippen LogP contribution in [0.4, 0.5) is 24.5 Å². The van der Waals surface area contributed by atoms with Gasteiger partial charge in [-0.05, 0) is 61.4 Å². The fourth-order valence-corrected chi connectivity index (χ4v) is 4.30. The molecule has 1 amide bonds. The van der Waals surface area contributed by atoms with Crippen LogP contribution in [0.5, 0.6) is 5.75 Å². The van der Waals surface area contributed by atoms with E-state index in [-0.39, 0.29) is 22.5 Å². The van der Waals surface area contributed by atoms with E-state index in [1.165, 1.54) is 31.2 Å². The van der Waals surface area contributed by atoms with Crippen LogP contribution < -0.4 is 14.4 Å². The summed E-state index contributed by atoms with van der Waals surface area (Å²) < 4.78 is 67.9. The maximum Gasteiger partial charge on any atom is 0.573 e. The third-order valence-electron chi connectivity index (χ3n) is 4.26. The van der Waals surface area contributed by atoms with Gasteiger partial charge in [-0.3, -0.25) is 9.52 Å². The van der Waals surface area contributed by atoms with Gasteiger partial charge in [0.2, 0.25) is 5.91 Å². The van der Waals surface area contributed by atoms with Gasteiger partial charge in [0.05, 0.1) is 4.90 Å². The van der Waals surface area contributed by atoms with Crippen molar-refractivity contribution < 1.29 is 31.1 Å². The van der Waals surface area contributed by atoms with Crippen LogP contribution in [0.15, 0.2) is 47.4 Å². The highest BCUT2D eigenvalue weighted by molar-refractivity contribution is 7.92. The summed E-state index contributed by atoms with van der Waals surface area (Å²) in [5.41, 5.74) is 1.50. The van der Waals surface area contributed by atoms with Crippen LogP contribution in [0, 0.1) is 0 Å². The summed E-state index contributed by atoms with van der Waals surface area (Å²) in [6.45, 7) is 3.32. The first-order valence-electron chi connectivity index (χ1n) is 8.27. The number of sulfonamides is 1. The number of carbonyl (C=O) groups is 1. The van der Waals surface area contributed by atoms with Gasteiger partial charge >= 0.3 is 6.36 Å². The highest BCUT2D eigenvalue weighted by Crippen LogP contribution is 2.34. The summed E-state index contributed by atoms with van der Waals surface area (Å²) in [6, 6.07) is 8.77. The van der Waals surface area contributed by atoms with E-state index in [9.17, 15) is 26.4 Å². The van der Waals surface area contributed by atoms with Crippen molar-refractivity contribution in [1.29, 1.82) is 0 Å². The molecule has 150 valence electrons. The first kappa shape index (κ1) is 20.0. The van der Waals surface area contributed by atoms with Crippen LogP contribution in [0.1, 0.15) is 19.4 Å². The first-order valence-corrected chi connectivity index (χ1v) is 9.76. The fourth-order valence-electron chi connectivity index (χ4n) is 3.19. The molecule has 1 heterocycles. The van der Waals surface area contributed by atoms with E-state index in [4.69, 9.17) is 0 Å². The molecule has 0 fully saturated rings. The number of ether oxygens (including phenoxy) is 1. The highest BCUT2D eigenvalue weighted by atomic mass is 32.2. The van der Waals surface area contributed by atoms with Gasteiger partial charge in [0.1, 0.15) is 5.75 Å². The van der Waals surface area contributed by atoms with Crippen molar-refractivity contribution in [3.8, 4) is 5.75 Å². The summed E-state index contributed by atoms with van der Waals surface area (Å²) >= 11 is 0. The predicted molar refractivity (Wildman–Crippen MR) is 96.7 cm³/mol. The molecule has 6 nitrogen and oxygen atoms in total. The Balaban J connectivity index is 1.81. The average Bonchev–Trinajstić information content (AvgIpc) is 2.90. The Labute approximate surface area is 160 Å². The van der Waals surface area contributed by atoms with Gasteiger partial charge in [-0.15, -0.1) is 13.2 Å². The Morgan fingerprint density at radius 2 is 1.82 bits per heavy atom. The Morgan fingerprint density at radius 1 is 1.18 bits per heavy atom. The number of anilines is 2. The van der Waals surface area contributed by atoms with Gasteiger partial charge < -0.3 is 9.64 Å². The molecule has 0 saturated heterocycles. The van der Waals surface area contributed by atoms with Crippen LogP contribution >= 0.6 is 0 Å². The summed E-state index contributed by atoms with van der Waals surface area (Å²) in [4.78, 5) is 13.4. The summed E-state index contributed by atoms with van der Waals surface area (Å²) in [7, 11) is -3.95. The molecular formula is C18H17F3N2O4S. The lowest BCUT2D eigenvalue weighted by molar-refractivity contribution is -0.274. The molecule has 10 heteroatoms. The fraction of sp³-hybridized carbons (Fsp3) is 0.278. The summed E-state index contributed by atoms with van der Waals surface area (Å²) in [5, 5.41) is 0. The monoisotopic (exact) mass is 414 g/mol. The highest BCUT2D eigenvalue weighted by Gasteiger charge is 2.31. The average molecular weight is 414 g/mol. The van der Waals surface area contributed by atoms with Crippen molar-refractivity contribution in [3.05, 3.63) is 48.0 Å². The van der Waals surface area contributed by atoms with Gasteiger partial charge in [0, 0.05) is 24.3 Å². The molecule has 1 aliphatic rings. The second kappa shape index (κ2) is 7.01. The molecule has 0 spiro atoms. The molecule has 0 radical (unpaired) electrons. The second-order valence-electron chi connectivity index (χ2n) is 6.41. The Bertz CT molecular complexity index is 1000. The number of hydrogen-bond acceptors (Lipinski definition) is 4. The largest absolute Gasteiger partial charge is 0.573 e. The molecule has 0 bridgehead atoms. The SMILES string of the molecule is CC(=O)N1c2ccc(S(=O)(=O)Nc3ccc(OC(F)(F)F)cc3)cc2C[C@@H]1C. The molecule has 1 aliphatic heterocycles. The molecule has 0 aliphatic carbocycles. The van der Waals surface area contributed by atoms with Crippen LogP contribution in [0.25, 0.3) is 0 Å². The molecular weight excluding hydrogens is 397 g/mol. The molecule has 1 N–H and O–H groups in total. The second-order valence-corrected chi connectivity index (χ2v) is 8.09. The van der Waals surface area contributed by atoms with Crippen molar-refractivity contribution in [2.45, 2.75) is 37.6 Å². The van der Waals surface area contributed by atoms with Crippen LogP contribution in [0.2, 0.25) is 0 Å². The number of benzene rings is 2. The van der Waals surface area contributed by atoms with E-state index in [1.54, 1.807) is 11.0 Å².